The smallest absolute Gasteiger partial charge is 0.251 e. The van der Waals surface area contributed by atoms with E-state index in [9.17, 15) is 18.0 Å². The molecule has 214 valence electrons. The van der Waals surface area contributed by atoms with Crippen LogP contribution in [0.4, 0.5) is 10.1 Å². The first-order valence-electron chi connectivity index (χ1n) is 12.3. The molecule has 3 aromatic rings. The number of hydrogen-bond acceptors (Lipinski definition) is 6. The molecule has 1 unspecified atom stereocenters. The van der Waals surface area contributed by atoms with Crippen LogP contribution in [-0.2, 0) is 21.1 Å². The summed E-state index contributed by atoms with van der Waals surface area (Å²) >= 11 is 15.6. The summed E-state index contributed by atoms with van der Waals surface area (Å²) in [7, 11) is -3.24. The minimum absolute atomic E-state index is 0.0334. The van der Waals surface area contributed by atoms with Crippen LogP contribution in [0.15, 0.2) is 53.0 Å². The molecule has 1 atom stereocenters. The first-order chi connectivity index (χ1) is 19.3. The second-order valence-corrected chi connectivity index (χ2v) is 13.8. The highest BCUT2D eigenvalue weighted by molar-refractivity contribution is 9.10. The minimum atomic E-state index is -3.24. The van der Waals surface area contributed by atoms with Gasteiger partial charge in [-0.25, -0.2) is 12.8 Å². The number of sulfone groups is 1. The van der Waals surface area contributed by atoms with Crippen LogP contribution in [0.25, 0.3) is 0 Å². The monoisotopic (exact) mass is 681 g/mol. The number of anilines is 1. The minimum Gasteiger partial charge on any atom is -0.453 e. The molecule has 8 nitrogen and oxygen atoms in total. The van der Waals surface area contributed by atoms with Gasteiger partial charge in [-0.3, -0.25) is 9.59 Å². The van der Waals surface area contributed by atoms with Gasteiger partial charge in [0, 0.05) is 16.1 Å². The number of nitrogens with zero attached hydrogens (tertiary/aromatic N) is 1. The Hall–Kier alpha value is -3.17. The predicted molar refractivity (Wildman–Crippen MR) is 158 cm³/mol. The molecule has 0 radical (unpaired) electrons. The molecule has 41 heavy (non-hydrogen) atoms. The number of carbonyl (C=O) groups excluding carboxylic acids is 2. The standard InChI is InChI=1S/C28H23BrCl2FN3O5S/c1-28(7-2-8-41(38,39)15-28)35-27(37)18-4-6-23(22(31)11-18)34-24(36)12-17-3-5-21(29)26(25(17)32)40-20-10-16(14-33)9-19(30)13-20/h3-6,9-11,13H,2,7-8,12,15H2,1H3,(H,34,36)(H,35,37). The molecule has 0 aromatic heterocycles. The van der Waals surface area contributed by atoms with E-state index in [0.717, 1.165) is 0 Å². The van der Waals surface area contributed by atoms with Crippen molar-refractivity contribution in [3.05, 3.63) is 85.6 Å². The van der Waals surface area contributed by atoms with Gasteiger partial charge < -0.3 is 15.4 Å². The van der Waals surface area contributed by atoms with Crippen molar-refractivity contribution in [3.8, 4) is 17.6 Å². The Morgan fingerprint density at radius 2 is 1.93 bits per heavy atom. The van der Waals surface area contributed by atoms with Gasteiger partial charge in [-0.2, -0.15) is 5.26 Å². The van der Waals surface area contributed by atoms with Gasteiger partial charge in [0.2, 0.25) is 5.91 Å². The van der Waals surface area contributed by atoms with Crippen molar-refractivity contribution in [2.45, 2.75) is 31.7 Å². The Morgan fingerprint density at radius 1 is 1.17 bits per heavy atom. The molecule has 0 saturated carbocycles. The molecule has 0 spiro atoms. The van der Waals surface area contributed by atoms with Gasteiger partial charge in [0.05, 0.1) is 50.3 Å². The number of halogens is 4. The number of carbonyl (C=O) groups is 2. The van der Waals surface area contributed by atoms with Crippen molar-refractivity contribution in [2.24, 2.45) is 0 Å². The lowest BCUT2D eigenvalue weighted by Gasteiger charge is -2.34. The van der Waals surface area contributed by atoms with E-state index in [0.29, 0.717) is 12.8 Å². The normalized spacial score (nSPS) is 17.8. The number of amides is 2. The Labute approximate surface area is 254 Å². The van der Waals surface area contributed by atoms with Crippen LogP contribution in [0.5, 0.6) is 11.5 Å². The van der Waals surface area contributed by atoms with Crippen molar-refractivity contribution < 1.29 is 27.1 Å². The van der Waals surface area contributed by atoms with E-state index in [1.165, 1.54) is 48.5 Å². The van der Waals surface area contributed by atoms with Crippen molar-refractivity contribution >= 4 is 66.5 Å². The summed E-state index contributed by atoms with van der Waals surface area (Å²) in [6, 6.07) is 13.4. The fraction of sp³-hybridized carbons (Fsp3) is 0.250. The largest absolute Gasteiger partial charge is 0.453 e. The van der Waals surface area contributed by atoms with E-state index in [-0.39, 0.29) is 66.3 Å². The molecule has 1 saturated heterocycles. The quantitative estimate of drug-likeness (QED) is 0.296. The van der Waals surface area contributed by atoms with E-state index >= 15 is 4.39 Å². The molecule has 4 rings (SSSR count). The van der Waals surface area contributed by atoms with Crippen LogP contribution in [0.2, 0.25) is 10.0 Å². The highest BCUT2D eigenvalue weighted by atomic mass is 79.9. The van der Waals surface area contributed by atoms with Crippen LogP contribution in [0.1, 0.15) is 41.3 Å². The van der Waals surface area contributed by atoms with Crippen LogP contribution in [0.3, 0.4) is 0 Å². The molecule has 3 aromatic carbocycles. The number of ether oxygens (including phenoxy) is 1. The molecular formula is C28H23BrCl2FN3O5S. The SMILES string of the molecule is CC1(NC(=O)c2ccc(NC(=O)Cc3ccc(Br)c(Oc4cc(Cl)cc(C#N)c4)c3F)c(Cl)c2)CCCS(=O)(=O)C1. The van der Waals surface area contributed by atoms with Gasteiger partial charge in [-0.15, -0.1) is 0 Å². The number of rotatable bonds is 7. The van der Waals surface area contributed by atoms with Crippen molar-refractivity contribution in [3.63, 3.8) is 0 Å². The van der Waals surface area contributed by atoms with Gasteiger partial charge in [0.15, 0.2) is 21.4 Å². The molecule has 1 aliphatic rings. The van der Waals surface area contributed by atoms with Crippen LogP contribution in [0, 0.1) is 17.1 Å². The Balaban J connectivity index is 1.45. The fourth-order valence-corrected chi connectivity index (χ4v) is 7.25. The summed E-state index contributed by atoms with van der Waals surface area (Å²) in [6.45, 7) is 1.69. The topological polar surface area (TPSA) is 125 Å². The van der Waals surface area contributed by atoms with Gasteiger partial charge in [0.25, 0.3) is 5.91 Å². The van der Waals surface area contributed by atoms with E-state index in [2.05, 4.69) is 26.6 Å². The summed E-state index contributed by atoms with van der Waals surface area (Å²) in [5.41, 5.74) is -0.229. The van der Waals surface area contributed by atoms with Crippen molar-refractivity contribution in [2.75, 3.05) is 16.8 Å². The third-order valence-corrected chi connectivity index (χ3v) is 9.49. The zero-order chi connectivity index (χ0) is 29.9. The lowest BCUT2D eigenvalue weighted by atomic mass is 9.97. The van der Waals surface area contributed by atoms with E-state index in [1.54, 1.807) is 6.92 Å². The Bertz CT molecular complexity index is 1700. The summed E-state index contributed by atoms with van der Waals surface area (Å²) in [5.74, 6) is -1.94. The lowest BCUT2D eigenvalue weighted by molar-refractivity contribution is -0.115. The van der Waals surface area contributed by atoms with E-state index in [1.807, 2.05) is 6.07 Å². The summed E-state index contributed by atoms with van der Waals surface area (Å²) in [4.78, 5) is 25.6. The zero-order valence-corrected chi connectivity index (χ0v) is 25.5. The van der Waals surface area contributed by atoms with Gasteiger partial charge in [0.1, 0.15) is 5.75 Å². The van der Waals surface area contributed by atoms with Crippen LogP contribution < -0.4 is 15.4 Å². The first-order valence-corrected chi connectivity index (χ1v) is 15.6. The van der Waals surface area contributed by atoms with Crippen LogP contribution >= 0.6 is 39.1 Å². The molecule has 1 fully saturated rings. The molecule has 13 heteroatoms. The van der Waals surface area contributed by atoms with Gasteiger partial charge in [-0.05, 0) is 78.2 Å². The maximum atomic E-state index is 15.4. The lowest BCUT2D eigenvalue weighted by Crippen LogP contribution is -2.53. The number of benzene rings is 3. The third kappa shape index (κ3) is 7.77. The Kier molecular flexibility index (Phi) is 9.29. The van der Waals surface area contributed by atoms with Gasteiger partial charge >= 0.3 is 0 Å². The second-order valence-electron chi connectivity index (χ2n) is 9.87. The second kappa shape index (κ2) is 12.4. The molecule has 1 heterocycles. The highest BCUT2D eigenvalue weighted by Gasteiger charge is 2.36. The molecule has 0 aliphatic carbocycles. The number of nitriles is 1. The number of nitrogens with one attached hydrogen (secondary N) is 2. The number of hydrogen-bond donors (Lipinski definition) is 2. The molecule has 1 aliphatic heterocycles. The van der Waals surface area contributed by atoms with Crippen molar-refractivity contribution in [1.82, 2.24) is 5.32 Å². The average Bonchev–Trinajstić information content (AvgIpc) is 2.88. The molecular weight excluding hydrogens is 660 g/mol. The van der Waals surface area contributed by atoms with Crippen molar-refractivity contribution in [1.29, 1.82) is 5.26 Å². The molecule has 2 N–H and O–H groups in total. The summed E-state index contributed by atoms with van der Waals surface area (Å²) in [5, 5.41) is 14.8. The first kappa shape index (κ1) is 30.8. The van der Waals surface area contributed by atoms with Gasteiger partial charge in [-0.1, -0.05) is 29.3 Å². The molecule has 2 amide bonds. The van der Waals surface area contributed by atoms with E-state index < -0.39 is 33.0 Å². The molecule has 0 bridgehead atoms. The average molecular weight is 683 g/mol. The highest BCUT2D eigenvalue weighted by Crippen LogP contribution is 2.36. The van der Waals surface area contributed by atoms with E-state index in [4.69, 9.17) is 33.2 Å². The summed E-state index contributed by atoms with van der Waals surface area (Å²) < 4.78 is 45.3. The zero-order valence-electron chi connectivity index (χ0n) is 21.6. The third-order valence-electron chi connectivity index (χ3n) is 6.34. The fourth-order valence-electron chi connectivity index (χ4n) is 4.49. The summed E-state index contributed by atoms with van der Waals surface area (Å²) in [6.07, 6.45) is 0.624. The predicted octanol–water partition coefficient (Wildman–Crippen LogP) is 6.44. The Morgan fingerprint density at radius 3 is 2.61 bits per heavy atom. The maximum Gasteiger partial charge on any atom is 0.251 e. The maximum absolute atomic E-state index is 15.4. The van der Waals surface area contributed by atoms with Crippen LogP contribution in [-0.4, -0.2) is 37.3 Å².